The summed E-state index contributed by atoms with van der Waals surface area (Å²) < 4.78 is 5.16. The van der Waals surface area contributed by atoms with Gasteiger partial charge in [0, 0.05) is 32.1 Å². The molecule has 2 aromatic rings. The van der Waals surface area contributed by atoms with Crippen LogP contribution in [0.4, 0.5) is 0 Å². The molecule has 0 saturated heterocycles. The van der Waals surface area contributed by atoms with E-state index in [0.29, 0.717) is 11.4 Å². The highest BCUT2D eigenvalue weighted by Crippen LogP contribution is 2.25. The van der Waals surface area contributed by atoms with Crippen molar-refractivity contribution in [3.05, 3.63) is 41.7 Å². The van der Waals surface area contributed by atoms with Crippen molar-refractivity contribution in [3.63, 3.8) is 0 Å². The van der Waals surface area contributed by atoms with Crippen LogP contribution in [0.3, 0.4) is 0 Å². The van der Waals surface area contributed by atoms with Crippen molar-refractivity contribution in [1.29, 1.82) is 0 Å². The van der Waals surface area contributed by atoms with Gasteiger partial charge in [-0.2, -0.15) is 0 Å². The third-order valence-electron chi connectivity index (χ3n) is 2.96. The number of rotatable bonds is 3. The van der Waals surface area contributed by atoms with Gasteiger partial charge in [0.2, 0.25) is 5.88 Å². The summed E-state index contributed by atoms with van der Waals surface area (Å²) in [5.74, 6) is 0.172. The number of hydrogen-bond acceptors (Lipinski definition) is 4. The van der Waals surface area contributed by atoms with Gasteiger partial charge in [-0.3, -0.25) is 9.78 Å². The van der Waals surface area contributed by atoms with Gasteiger partial charge >= 0.3 is 0 Å². The fraction of sp³-hybridized carbons (Fsp3) is 0.267. The maximum atomic E-state index is 12.2. The minimum Gasteiger partial charge on any atom is -0.480 e. The molecule has 0 fully saturated rings. The normalized spacial score (nSPS) is 10.2. The van der Waals surface area contributed by atoms with Gasteiger partial charge in [0.1, 0.15) is 5.56 Å². The van der Waals surface area contributed by atoms with Crippen molar-refractivity contribution in [3.8, 4) is 17.1 Å². The quantitative estimate of drug-likeness (QED) is 0.858. The van der Waals surface area contributed by atoms with Gasteiger partial charge in [0.25, 0.3) is 5.91 Å². The Morgan fingerprint density at radius 1 is 1.30 bits per heavy atom. The summed E-state index contributed by atoms with van der Waals surface area (Å²) in [7, 11) is 4.89. The van der Waals surface area contributed by atoms with E-state index in [1.165, 1.54) is 12.0 Å². The van der Waals surface area contributed by atoms with Crippen molar-refractivity contribution < 1.29 is 9.53 Å². The van der Waals surface area contributed by atoms with Crippen LogP contribution in [0.1, 0.15) is 15.9 Å². The molecule has 0 saturated carbocycles. The Morgan fingerprint density at radius 3 is 2.65 bits per heavy atom. The van der Waals surface area contributed by atoms with E-state index in [1.54, 1.807) is 32.6 Å². The molecular formula is C15H17N3O2. The fourth-order valence-corrected chi connectivity index (χ4v) is 1.93. The zero-order valence-corrected chi connectivity index (χ0v) is 12.0. The topological polar surface area (TPSA) is 55.3 Å². The first kappa shape index (κ1) is 14.0. The number of ether oxygens (including phenoxy) is 1. The first-order valence-corrected chi connectivity index (χ1v) is 6.22. The summed E-state index contributed by atoms with van der Waals surface area (Å²) in [5, 5.41) is 0. The molecule has 2 aromatic heterocycles. The van der Waals surface area contributed by atoms with Crippen LogP contribution in [-0.4, -0.2) is 42.0 Å². The van der Waals surface area contributed by atoms with E-state index in [2.05, 4.69) is 9.97 Å². The van der Waals surface area contributed by atoms with Gasteiger partial charge in [-0.1, -0.05) is 6.07 Å². The van der Waals surface area contributed by atoms with Crippen LogP contribution < -0.4 is 4.74 Å². The molecule has 2 heterocycles. The maximum Gasteiger partial charge on any atom is 0.258 e. The lowest BCUT2D eigenvalue weighted by Crippen LogP contribution is -2.22. The second-order valence-corrected chi connectivity index (χ2v) is 4.65. The van der Waals surface area contributed by atoms with Crippen molar-refractivity contribution in [2.75, 3.05) is 21.2 Å². The van der Waals surface area contributed by atoms with Crippen molar-refractivity contribution in [1.82, 2.24) is 14.9 Å². The Hall–Kier alpha value is -2.43. The van der Waals surface area contributed by atoms with Gasteiger partial charge in [0.15, 0.2) is 0 Å². The van der Waals surface area contributed by atoms with Gasteiger partial charge in [-0.05, 0) is 24.6 Å². The average Bonchev–Trinajstić information content (AvgIpc) is 2.46. The minimum absolute atomic E-state index is 0.148. The summed E-state index contributed by atoms with van der Waals surface area (Å²) in [4.78, 5) is 22.2. The second kappa shape index (κ2) is 5.69. The monoisotopic (exact) mass is 271 g/mol. The molecule has 0 aliphatic carbocycles. The molecule has 5 nitrogen and oxygen atoms in total. The summed E-state index contributed by atoms with van der Waals surface area (Å²) in [6, 6.07) is 5.62. The minimum atomic E-state index is -0.148. The van der Waals surface area contributed by atoms with Crippen molar-refractivity contribution in [2.24, 2.45) is 0 Å². The van der Waals surface area contributed by atoms with E-state index in [-0.39, 0.29) is 5.91 Å². The third-order valence-corrected chi connectivity index (χ3v) is 2.96. The summed E-state index contributed by atoms with van der Waals surface area (Å²) >= 11 is 0. The van der Waals surface area contributed by atoms with Gasteiger partial charge < -0.3 is 9.64 Å². The molecule has 0 radical (unpaired) electrons. The zero-order valence-electron chi connectivity index (χ0n) is 12.0. The van der Waals surface area contributed by atoms with Crippen LogP contribution in [0.5, 0.6) is 5.88 Å². The number of aryl methyl sites for hydroxylation is 1. The third kappa shape index (κ3) is 2.61. The van der Waals surface area contributed by atoms with Gasteiger partial charge in [-0.25, -0.2) is 4.98 Å². The number of carbonyl (C=O) groups is 1. The molecule has 20 heavy (non-hydrogen) atoms. The maximum absolute atomic E-state index is 12.2. The number of carbonyl (C=O) groups excluding carboxylic acids is 1. The van der Waals surface area contributed by atoms with E-state index in [1.807, 2.05) is 19.1 Å². The summed E-state index contributed by atoms with van der Waals surface area (Å²) in [5.41, 5.74) is 3.08. The largest absolute Gasteiger partial charge is 0.480 e. The van der Waals surface area contributed by atoms with Crippen LogP contribution in [0.2, 0.25) is 0 Å². The number of hydrogen-bond donors (Lipinski definition) is 0. The predicted molar refractivity (Wildman–Crippen MR) is 76.8 cm³/mol. The highest BCUT2D eigenvalue weighted by atomic mass is 16.5. The molecule has 0 unspecified atom stereocenters. The lowest BCUT2D eigenvalue weighted by molar-refractivity contribution is 0.0823. The molecule has 0 spiro atoms. The van der Waals surface area contributed by atoms with Crippen molar-refractivity contribution >= 4 is 5.91 Å². The van der Waals surface area contributed by atoms with E-state index in [4.69, 9.17) is 4.74 Å². The number of amides is 1. The van der Waals surface area contributed by atoms with Gasteiger partial charge in [-0.15, -0.1) is 0 Å². The van der Waals surface area contributed by atoms with E-state index in [0.717, 1.165) is 16.8 Å². The molecule has 0 bridgehead atoms. The Kier molecular flexibility index (Phi) is 3.98. The molecule has 1 amide bonds. The molecule has 0 atom stereocenters. The van der Waals surface area contributed by atoms with Crippen LogP contribution in [0, 0.1) is 6.92 Å². The van der Waals surface area contributed by atoms with Crippen LogP contribution in [-0.2, 0) is 0 Å². The van der Waals surface area contributed by atoms with Crippen LogP contribution >= 0.6 is 0 Å². The Labute approximate surface area is 118 Å². The fourth-order valence-electron chi connectivity index (χ4n) is 1.93. The lowest BCUT2D eigenvalue weighted by atomic mass is 10.1. The number of pyridine rings is 2. The average molecular weight is 271 g/mol. The highest BCUT2D eigenvalue weighted by Gasteiger charge is 2.17. The molecular weight excluding hydrogens is 254 g/mol. The smallest absolute Gasteiger partial charge is 0.258 e. The zero-order chi connectivity index (χ0) is 14.7. The number of aromatic nitrogens is 2. The highest BCUT2D eigenvalue weighted by molar-refractivity contribution is 5.97. The Bertz CT molecular complexity index is 639. The summed E-state index contributed by atoms with van der Waals surface area (Å²) in [6.07, 6.45) is 3.39. The predicted octanol–water partition coefficient (Wildman–Crippen LogP) is 2.16. The first-order valence-electron chi connectivity index (χ1n) is 6.22. The summed E-state index contributed by atoms with van der Waals surface area (Å²) in [6.45, 7) is 1.97. The standard InChI is InChI=1S/C15H17N3O2/c1-10-6-5-7-16-13(10)11-8-12(15(19)18(2)3)14(20-4)17-9-11/h5-9H,1-4H3. The molecule has 0 aliphatic rings. The number of methoxy groups -OCH3 is 1. The number of nitrogens with zero attached hydrogens (tertiary/aromatic N) is 3. The second-order valence-electron chi connectivity index (χ2n) is 4.65. The molecule has 5 heteroatoms. The Balaban J connectivity index is 2.56. The van der Waals surface area contributed by atoms with E-state index in [9.17, 15) is 4.79 Å². The molecule has 0 aliphatic heterocycles. The Morgan fingerprint density at radius 2 is 2.05 bits per heavy atom. The molecule has 104 valence electrons. The van der Waals surface area contributed by atoms with E-state index < -0.39 is 0 Å². The van der Waals surface area contributed by atoms with Crippen LogP contribution in [0.25, 0.3) is 11.3 Å². The molecule has 2 rings (SSSR count). The SMILES string of the molecule is COc1ncc(-c2ncccc2C)cc1C(=O)N(C)C. The first-order chi connectivity index (χ1) is 9.54. The van der Waals surface area contributed by atoms with Crippen molar-refractivity contribution in [2.45, 2.75) is 6.92 Å². The molecule has 0 aromatic carbocycles. The van der Waals surface area contributed by atoms with Gasteiger partial charge in [0.05, 0.1) is 12.8 Å². The van der Waals surface area contributed by atoms with Crippen LogP contribution in [0.15, 0.2) is 30.6 Å². The lowest BCUT2D eigenvalue weighted by Gasteiger charge is -2.14. The molecule has 0 N–H and O–H groups in total. The van der Waals surface area contributed by atoms with E-state index >= 15 is 0 Å².